The highest BCUT2D eigenvalue weighted by atomic mass is 31.2. The monoisotopic (exact) mass is 312 g/mol. The molecule has 21 heavy (non-hydrogen) atoms. The maximum Gasteiger partial charge on any atom is 0.350 e. The molecule has 0 amide bonds. The zero-order valence-electron chi connectivity index (χ0n) is 10.8. The van der Waals surface area contributed by atoms with E-state index in [2.05, 4.69) is 15.0 Å². The predicted molar refractivity (Wildman–Crippen MR) is 73.6 cm³/mol. The van der Waals surface area contributed by atoms with Crippen LogP contribution in [0.2, 0.25) is 0 Å². The summed E-state index contributed by atoms with van der Waals surface area (Å²) < 4.78 is 18.9. The van der Waals surface area contributed by atoms with E-state index in [0.29, 0.717) is 29.3 Å². The molecule has 0 aliphatic rings. The summed E-state index contributed by atoms with van der Waals surface area (Å²) in [5.74, 6) is 0.889. The number of nitrogens with zero attached hydrogens (tertiary/aromatic N) is 5. The van der Waals surface area contributed by atoms with E-state index in [1.54, 1.807) is 27.7 Å². The Morgan fingerprint density at radius 1 is 1.38 bits per heavy atom. The first-order valence-electron chi connectivity index (χ1n) is 6.01. The molecule has 3 aromatic rings. The Bertz CT molecular complexity index is 837. The largest absolute Gasteiger partial charge is 0.383 e. The molecule has 0 fully saturated rings. The fourth-order valence-electron chi connectivity index (χ4n) is 1.96. The van der Waals surface area contributed by atoms with E-state index in [9.17, 15) is 4.57 Å². The van der Waals surface area contributed by atoms with Gasteiger partial charge in [-0.2, -0.15) is 4.98 Å². The summed E-state index contributed by atoms with van der Waals surface area (Å²) in [5.41, 5.74) is 7.08. The summed E-state index contributed by atoms with van der Waals surface area (Å²) in [4.78, 5) is 30.0. The van der Waals surface area contributed by atoms with Crippen molar-refractivity contribution >= 4 is 30.4 Å². The van der Waals surface area contributed by atoms with Crippen LogP contribution in [-0.4, -0.2) is 46.7 Å². The van der Waals surface area contributed by atoms with Crippen LogP contribution in [0.3, 0.4) is 0 Å². The number of nitrogens with two attached hydrogens (primary N) is 1. The van der Waals surface area contributed by atoms with Gasteiger partial charge in [-0.05, 0) is 0 Å². The van der Waals surface area contributed by atoms with Gasteiger partial charge < -0.3 is 24.8 Å². The molecule has 3 rings (SSSR count). The van der Waals surface area contributed by atoms with Crippen molar-refractivity contribution in [2.45, 2.75) is 6.54 Å². The quantitative estimate of drug-likeness (QED) is 0.435. The Morgan fingerprint density at radius 2 is 2.19 bits per heavy atom. The number of rotatable bonds is 5. The maximum atomic E-state index is 10.7. The predicted octanol–water partition coefficient (Wildman–Crippen LogP) is -0.187. The molecular weight excluding hydrogens is 299 g/mol. The number of anilines is 1. The SMILES string of the molecule is Nc1c2ncn(CCOCP(=O)(O)O)c2nc2nccn12. The van der Waals surface area contributed by atoms with Crippen LogP contribution in [0.5, 0.6) is 0 Å². The molecule has 0 bridgehead atoms. The van der Waals surface area contributed by atoms with Crippen molar-refractivity contribution in [2.75, 3.05) is 18.7 Å². The van der Waals surface area contributed by atoms with Crippen molar-refractivity contribution in [2.24, 2.45) is 0 Å². The van der Waals surface area contributed by atoms with Crippen LogP contribution in [0.4, 0.5) is 5.82 Å². The van der Waals surface area contributed by atoms with Gasteiger partial charge in [-0.3, -0.25) is 8.97 Å². The van der Waals surface area contributed by atoms with Gasteiger partial charge in [-0.15, -0.1) is 0 Å². The van der Waals surface area contributed by atoms with E-state index in [-0.39, 0.29) is 6.61 Å². The summed E-state index contributed by atoms with van der Waals surface area (Å²) >= 11 is 0. The van der Waals surface area contributed by atoms with Crippen LogP contribution in [-0.2, 0) is 15.8 Å². The molecule has 3 heterocycles. The summed E-state index contributed by atoms with van der Waals surface area (Å²) in [6, 6.07) is 0. The number of nitrogen functional groups attached to an aromatic ring is 1. The molecule has 10 nitrogen and oxygen atoms in total. The first kappa shape index (κ1) is 14.0. The minimum absolute atomic E-state index is 0.123. The minimum atomic E-state index is -4.15. The molecule has 0 unspecified atom stereocenters. The zero-order chi connectivity index (χ0) is 15.0. The van der Waals surface area contributed by atoms with E-state index in [1.165, 1.54) is 0 Å². The van der Waals surface area contributed by atoms with Gasteiger partial charge in [-0.1, -0.05) is 0 Å². The van der Waals surface area contributed by atoms with Gasteiger partial charge in [0.2, 0.25) is 5.78 Å². The van der Waals surface area contributed by atoms with Crippen LogP contribution in [0.25, 0.3) is 16.9 Å². The lowest BCUT2D eigenvalue weighted by Gasteiger charge is -2.07. The first-order valence-corrected chi connectivity index (χ1v) is 7.81. The normalized spacial score (nSPS) is 12.5. The number of aromatic nitrogens is 5. The Morgan fingerprint density at radius 3 is 2.95 bits per heavy atom. The first-order chi connectivity index (χ1) is 9.96. The van der Waals surface area contributed by atoms with Gasteiger partial charge in [0.1, 0.15) is 17.7 Å². The molecule has 0 saturated carbocycles. The van der Waals surface area contributed by atoms with Crippen molar-refractivity contribution in [3.8, 4) is 0 Å². The number of imidazole rings is 2. The van der Waals surface area contributed by atoms with Crippen molar-refractivity contribution in [3.05, 3.63) is 18.7 Å². The number of ether oxygens (including phenoxy) is 1. The second-order valence-corrected chi connectivity index (χ2v) is 5.99. The fraction of sp³-hybridized carbons (Fsp3) is 0.300. The molecular formula is C10H13N6O4P. The van der Waals surface area contributed by atoms with Gasteiger partial charge in [0.15, 0.2) is 5.65 Å². The lowest BCUT2D eigenvalue weighted by atomic mass is 10.5. The third-order valence-electron chi connectivity index (χ3n) is 2.88. The Balaban J connectivity index is 1.83. The standard InChI is InChI=1S/C10H13N6O4P/c11-8-7-9(14-10-12-1-2-16(8)10)15(5-13-7)3-4-20-6-21(17,18)19/h1-2,5H,3-4,6,11H2,(H2,17,18,19). The highest BCUT2D eigenvalue weighted by Gasteiger charge is 2.14. The van der Waals surface area contributed by atoms with E-state index in [0.717, 1.165) is 0 Å². The highest BCUT2D eigenvalue weighted by molar-refractivity contribution is 7.51. The summed E-state index contributed by atoms with van der Waals surface area (Å²) in [6.45, 7) is 0.470. The summed E-state index contributed by atoms with van der Waals surface area (Å²) in [6.07, 6.45) is 4.22. The Kier molecular flexibility index (Phi) is 3.38. The van der Waals surface area contributed by atoms with Crippen LogP contribution in [0.15, 0.2) is 18.7 Å². The summed E-state index contributed by atoms with van der Waals surface area (Å²) in [7, 11) is -4.15. The molecule has 0 atom stereocenters. The van der Waals surface area contributed by atoms with E-state index in [1.807, 2.05) is 0 Å². The molecule has 4 N–H and O–H groups in total. The molecule has 11 heteroatoms. The second-order valence-electron chi connectivity index (χ2n) is 4.41. The molecule has 3 aromatic heterocycles. The summed E-state index contributed by atoms with van der Waals surface area (Å²) in [5, 5.41) is 0. The minimum Gasteiger partial charge on any atom is -0.383 e. The third-order valence-corrected chi connectivity index (χ3v) is 3.39. The van der Waals surface area contributed by atoms with Crippen LogP contribution >= 0.6 is 7.60 Å². The van der Waals surface area contributed by atoms with Gasteiger partial charge in [0, 0.05) is 18.9 Å². The van der Waals surface area contributed by atoms with E-state index in [4.69, 9.17) is 20.3 Å². The van der Waals surface area contributed by atoms with Crippen molar-refractivity contribution in [3.63, 3.8) is 0 Å². The molecule has 0 saturated heterocycles. The van der Waals surface area contributed by atoms with Crippen molar-refractivity contribution in [1.82, 2.24) is 23.9 Å². The highest BCUT2D eigenvalue weighted by Crippen LogP contribution is 2.33. The smallest absolute Gasteiger partial charge is 0.350 e. The fourth-order valence-corrected chi connectivity index (χ4v) is 2.33. The van der Waals surface area contributed by atoms with Crippen molar-refractivity contribution in [1.29, 1.82) is 0 Å². The number of hydrogen-bond donors (Lipinski definition) is 3. The molecule has 0 aliphatic heterocycles. The average Bonchev–Trinajstić information content (AvgIpc) is 3.01. The van der Waals surface area contributed by atoms with E-state index >= 15 is 0 Å². The number of hydrogen-bond acceptors (Lipinski definition) is 6. The lowest BCUT2D eigenvalue weighted by Crippen LogP contribution is -2.08. The maximum absolute atomic E-state index is 10.7. The topological polar surface area (TPSA) is 141 Å². The van der Waals surface area contributed by atoms with Gasteiger partial charge in [-0.25, -0.2) is 9.97 Å². The zero-order valence-corrected chi connectivity index (χ0v) is 11.7. The van der Waals surface area contributed by atoms with E-state index < -0.39 is 13.9 Å². The number of fused-ring (bicyclic) bond motifs is 2. The van der Waals surface area contributed by atoms with Crippen molar-refractivity contribution < 1.29 is 19.1 Å². The molecule has 112 valence electrons. The van der Waals surface area contributed by atoms with Crippen LogP contribution < -0.4 is 5.73 Å². The second kappa shape index (κ2) is 5.08. The van der Waals surface area contributed by atoms with Gasteiger partial charge in [0.05, 0.1) is 12.9 Å². The molecule has 0 aromatic carbocycles. The van der Waals surface area contributed by atoms with Gasteiger partial charge in [0.25, 0.3) is 0 Å². The molecule has 0 spiro atoms. The third kappa shape index (κ3) is 2.74. The van der Waals surface area contributed by atoms with Gasteiger partial charge >= 0.3 is 7.60 Å². The average molecular weight is 312 g/mol. The molecule has 0 radical (unpaired) electrons. The lowest BCUT2D eigenvalue weighted by molar-refractivity contribution is 0.149. The Hall–Kier alpha value is -2.00. The van der Waals surface area contributed by atoms with Crippen LogP contribution in [0, 0.1) is 0 Å². The van der Waals surface area contributed by atoms with Crippen LogP contribution in [0.1, 0.15) is 0 Å². The Labute approximate surface area is 118 Å². The molecule has 0 aliphatic carbocycles.